The van der Waals surface area contributed by atoms with Gasteiger partial charge >= 0.3 is 12.0 Å². The summed E-state index contributed by atoms with van der Waals surface area (Å²) in [5.74, 6) is -4.63. The smallest absolute Gasteiger partial charge is 0.337 e. The van der Waals surface area contributed by atoms with Crippen molar-refractivity contribution in [1.82, 2.24) is 26.4 Å². The molecule has 2 rings (SSSR count). The summed E-state index contributed by atoms with van der Waals surface area (Å²) < 4.78 is 0. The van der Waals surface area contributed by atoms with Gasteiger partial charge in [0.25, 0.3) is 5.91 Å². The van der Waals surface area contributed by atoms with Crippen LogP contribution in [0.15, 0.2) is 35.4 Å². The van der Waals surface area contributed by atoms with Crippen LogP contribution in [0.3, 0.4) is 0 Å². The Kier molecular flexibility index (Phi) is 17.3. The molecular formula is C31H44N10O8. The number of carbonyl (C=O) groups excluding carboxylic acids is 6. The first-order chi connectivity index (χ1) is 23.4. The lowest BCUT2D eigenvalue weighted by atomic mass is 9.99. The first-order valence-corrected chi connectivity index (χ1v) is 16.0. The van der Waals surface area contributed by atoms with Gasteiger partial charge in [-0.3, -0.25) is 39.6 Å². The second-order valence-corrected chi connectivity index (χ2v) is 11.6. The van der Waals surface area contributed by atoms with Gasteiger partial charge in [0.15, 0.2) is 5.78 Å². The lowest BCUT2D eigenvalue weighted by Crippen LogP contribution is -2.59. The summed E-state index contributed by atoms with van der Waals surface area (Å²) in [6.45, 7) is -0.456. The van der Waals surface area contributed by atoms with Gasteiger partial charge in [0, 0.05) is 30.6 Å². The highest BCUT2D eigenvalue weighted by atomic mass is 16.4. The van der Waals surface area contributed by atoms with Crippen LogP contribution < -0.4 is 27.1 Å². The number of rotatable bonds is 17. The Hall–Kier alpha value is -5.51. The molecule has 0 radical (unpaired) electrons. The molecule has 18 nitrogen and oxygen atoms in total. The van der Waals surface area contributed by atoms with Crippen molar-refractivity contribution in [2.24, 2.45) is 10.8 Å². The van der Waals surface area contributed by atoms with Gasteiger partial charge in [-0.05, 0) is 36.8 Å². The van der Waals surface area contributed by atoms with E-state index in [1.54, 1.807) is 30.3 Å². The fourth-order valence-corrected chi connectivity index (χ4v) is 4.98. The molecule has 0 aromatic heterocycles. The van der Waals surface area contributed by atoms with E-state index in [0.29, 0.717) is 37.7 Å². The molecule has 8 N–H and O–H groups in total. The van der Waals surface area contributed by atoms with Crippen molar-refractivity contribution < 1.29 is 38.7 Å². The fourth-order valence-electron chi connectivity index (χ4n) is 4.98. The van der Waals surface area contributed by atoms with Crippen LogP contribution in [0.5, 0.6) is 0 Å². The SMILES string of the molecule is [N-]=[N+]=NCC(=O)CCCCC[C@@H]1NC(=O)N(Cc2ccccc2)NC(=O)[C@H](CC(=O)O)NC(=O)CCC(=O)[C@H](CCCCC(=N)N)NC1=O. The molecule has 18 heteroatoms. The first-order valence-electron chi connectivity index (χ1n) is 16.0. The van der Waals surface area contributed by atoms with Crippen molar-refractivity contribution in [2.45, 2.75) is 102 Å². The molecule has 49 heavy (non-hydrogen) atoms. The quantitative estimate of drug-likeness (QED) is 0.0313. The van der Waals surface area contributed by atoms with E-state index >= 15 is 0 Å². The van der Waals surface area contributed by atoms with Gasteiger partial charge in [-0.1, -0.05) is 54.7 Å². The minimum Gasteiger partial charge on any atom is -0.481 e. The maximum absolute atomic E-state index is 13.7. The Morgan fingerprint density at radius 1 is 0.898 bits per heavy atom. The van der Waals surface area contributed by atoms with Crippen LogP contribution in [0, 0.1) is 5.41 Å². The summed E-state index contributed by atoms with van der Waals surface area (Å²) in [7, 11) is 0. The molecule has 1 heterocycles. The molecule has 3 atom stereocenters. The molecule has 0 spiro atoms. The summed E-state index contributed by atoms with van der Waals surface area (Å²) in [4.78, 5) is 92.6. The van der Waals surface area contributed by atoms with E-state index in [2.05, 4.69) is 31.4 Å². The maximum Gasteiger partial charge on any atom is 0.337 e. The number of hydrazine groups is 1. The molecule has 1 saturated heterocycles. The number of amides is 5. The number of unbranched alkanes of at least 4 members (excludes halogenated alkanes) is 3. The van der Waals surface area contributed by atoms with Crippen LogP contribution in [-0.2, 0) is 35.3 Å². The van der Waals surface area contributed by atoms with Gasteiger partial charge in [0.1, 0.15) is 17.9 Å². The Morgan fingerprint density at radius 2 is 1.57 bits per heavy atom. The zero-order valence-electron chi connectivity index (χ0n) is 27.2. The molecule has 266 valence electrons. The highest BCUT2D eigenvalue weighted by molar-refractivity contribution is 5.96. The van der Waals surface area contributed by atoms with Crippen LogP contribution in [0.1, 0.15) is 82.6 Å². The molecule has 0 saturated carbocycles. The average molecular weight is 685 g/mol. The van der Waals surface area contributed by atoms with Crippen LogP contribution >= 0.6 is 0 Å². The van der Waals surface area contributed by atoms with Gasteiger partial charge < -0.3 is 26.8 Å². The number of hydrogen-bond acceptors (Lipinski definition) is 9. The third-order valence-corrected chi connectivity index (χ3v) is 7.57. The number of benzene rings is 1. The van der Waals surface area contributed by atoms with E-state index in [4.69, 9.17) is 16.7 Å². The predicted octanol–water partition coefficient (Wildman–Crippen LogP) is 1.73. The normalized spacial score (nSPS) is 19.2. The standard InChI is InChI=1S/C31H44N10O8/c32-26(33)14-8-7-12-22-25(43)15-16-27(44)36-24(17-28(45)46)30(48)39-41(19-20-9-3-1-4-10-20)31(49)38-23(29(47)37-22)13-6-2-5-11-21(42)18-35-40-34/h1,3-4,9-10,22-24H,2,5-8,11-19H2,(H3,32,33)(H,36,44)(H,37,47)(H,38,49)(H,39,48)(H,45,46)/t22-,23-,24-/m0/s1. The number of carboxylic acids is 1. The van der Waals surface area contributed by atoms with E-state index in [1.165, 1.54) is 0 Å². The maximum atomic E-state index is 13.7. The summed E-state index contributed by atoms with van der Waals surface area (Å²) in [5.41, 5.74) is 16.8. The van der Waals surface area contributed by atoms with Crippen LogP contribution in [0.25, 0.3) is 10.4 Å². The third-order valence-electron chi connectivity index (χ3n) is 7.57. The number of nitrogens with two attached hydrogens (primary N) is 1. The minimum atomic E-state index is -1.59. The molecule has 1 aliphatic rings. The Labute approximate surface area is 283 Å². The number of ketones is 2. The van der Waals surface area contributed by atoms with E-state index in [-0.39, 0.29) is 56.8 Å². The molecule has 0 bridgehead atoms. The Morgan fingerprint density at radius 3 is 2.24 bits per heavy atom. The topological polar surface area (TPSA) is 290 Å². The first kappa shape index (κ1) is 39.7. The highest BCUT2D eigenvalue weighted by Gasteiger charge is 2.32. The Bertz CT molecular complexity index is 1400. The predicted molar refractivity (Wildman–Crippen MR) is 175 cm³/mol. The molecular weight excluding hydrogens is 640 g/mol. The van der Waals surface area contributed by atoms with Gasteiger partial charge in [0.2, 0.25) is 11.8 Å². The number of aliphatic carboxylic acids is 1. The number of Topliss-reactive ketones (excluding diaryl/α,β-unsaturated/α-hetero) is 2. The lowest BCUT2D eigenvalue weighted by Gasteiger charge is -2.28. The number of urea groups is 1. The minimum absolute atomic E-state index is 0.0319. The van der Waals surface area contributed by atoms with Crippen molar-refractivity contribution in [3.05, 3.63) is 46.3 Å². The number of azide groups is 1. The van der Waals surface area contributed by atoms with E-state index in [0.717, 1.165) is 5.01 Å². The van der Waals surface area contributed by atoms with E-state index in [9.17, 15) is 38.7 Å². The lowest BCUT2D eigenvalue weighted by molar-refractivity contribution is -0.141. The zero-order chi connectivity index (χ0) is 36.2. The van der Waals surface area contributed by atoms with E-state index < -0.39 is 66.5 Å². The molecule has 5 amide bonds. The van der Waals surface area contributed by atoms with Crippen LogP contribution in [0.2, 0.25) is 0 Å². The molecule has 1 aromatic rings. The number of amidine groups is 1. The van der Waals surface area contributed by atoms with Crippen molar-refractivity contribution >= 4 is 47.1 Å². The molecule has 1 aromatic carbocycles. The third kappa shape index (κ3) is 15.8. The molecule has 1 aliphatic heterocycles. The van der Waals surface area contributed by atoms with Crippen molar-refractivity contribution in [3.63, 3.8) is 0 Å². The average Bonchev–Trinajstić information content (AvgIpc) is 3.05. The molecule has 0 unspecified atom stereocenters. The van der Waals surface area contributed by atoms with Crippen molar-refractivity contribution in [1.29, 1.82) is 5.41 Å². The van der Waals surface area contributed by atoms with E-state index in [1.807, 2.05) is 0 Å². The number of nitrogens with one attached hydrogen (secondary N) is 5. The second kappa shape index (κ2) is 21.4. The zero-order valence-corrected chi connectivity index (χ0v) is 27.2. The number of carboxylic acid groups (broad SMARTS) is 1. The second-order valence-electron chi connectivity index (χ2n) is 11.6. The molecule has 1 fully saturated rings. The van der Waals surface area contributed by atoms with Gasteiger partial charge in [-0.25, -0.2) is 9.80 Å². The van der Waals surface area contributed by atoms with Crippen molar-refractivity contribution in [2.75, 3.05) is 6.54 Å². The van der Waals surface area contributed by atoms with Crippen molar-refractivity contribution in [3.8, 4) is 0 Å². The Balaban J connectivity index is 2.39. The number of carbonyl (C=O) groups is 7. The van der Waals surface area contributed by atoms with Gasteiger partial charge in [0.05, 0.1) is 31.4 Å². The van der Waals surface area contributed by atoms with Crippen LogP contribution in [-0.4, -0.2) is 81.9 Å². The number of hydrogen-bond donors (Lipinski definition) is 7. The fraction of sp³-hybridized carbons (Fsp3) is 0.548. The van der Waals surface area contributed by atoms with Crippen LogP contribution in [0.4, 0.5) is 4.79 Å². The summed E-state index contributed by atoms with van der Waals surface area (Å²) in [5, 5.41) is 28.6. The van der Waals surface area contributed by atoms with Gasteiger partial charge in [-0.2, -0.15) is 0 Å². The monoisotopic (exact) mass is 684 g/mol. The largest absolute Gasteiger partial charge is 0.481 e. The summed E-state index contributed by atoms with van der Waals surface area (Å²) in [6, 6.07) is 3.77. The number of nitrogens with zero attached hydrogens (tertiary/aromatic N) is 4. The summed E-state index contributed by atoms with van der Waals surface area (Å²) in [6.07, 6.45) is 1.31. The highest BCUT2D eigenvalue weighted by Crippen LogP contribution is 2.13. The summed E-state index contributed by atoms with van der Waals surface area (Å²) >= 11 is 0. The van der Waals surface area contributed by atoms with Gasteiger partial charge in [-0.15, -0.1) is 0 Å². The molecule has 0 aliphatic carbocycles.